The first-order valence-electron chi connectivity index (χ1n) is 5.39. The first kappa shape index (κ1) is 13.3. The highest BCUT2D eigenvalue weighted by atomic mass is 16.5. The highest BCUT2D eigenvalue weighted by Gasteiger charge is 2.08. The van der Waals surface area contributed by atoms with Crippen LogP contribution in [0.3, 0.4) is 0 Å². The standard InChI is InChI=1S/C12H18N2O3/c1-9(12(13)14-15)17-11-5-3-10(4-6-11)7-8-16-2/h3-6,9,15H,7-8H2,1-2H3,(H2,13,14). The average Bonchev–Trinajstić information content (AvgIpc) is 2.37. The number of ether oxygens (including phenoxy) is 2. The van der Waals surface area contributed by atoms with Gasteiger partial charge in [0.05, 0.1) is 6.61 Å². The van der Waals surface area contributed by atoms with Crippen molar-refractivity contribution in [2.75, 3.05) is 13.7 Å². The summed E-state index contributed by atoms with van der Waals surface area (Å²) >= 11 is 0. The molecule has 0 aliphatic rings. The Morgan fingerprint density at radius 2 is 2.06 bits per heavy atom. The van der Waals surface area contributed by atoms with Crippen LogP contribution in [0.15, 0.2) is 29.4 Å². The summed E-state index contributed by atoms with van der Waals surface area (Å²) in [4.78, 5) is 0. The van der Waals surface area contributed by atoms with E-state index < -0.39 is 6.10 Å². The summed E-state index contributed by atoms with van der Waals surface area (Å²) in [6, 6.07) is 7.64. The van der Waals surface area contributed by atoms with Crippen LogP contribution in [0.2, 0.25) is 0 Å². The molecule has 0 fully saturated rings. The molecule has 5 heteroatoms. The van der Waals surface area contributed by atoms with E-state index in [4.69, 9.17) is 20.4 Å². The van der Waals surface area contributed by atoms with E-state index in [1.165, 1.54) is 5.56 Å². The van der Waals surface area contributed by atoms with Crippen molar-refractivity contribution in [2.24, 2.45) is 10.9 Å². The summed E-state index contributed by atoms with van der Waals surface area (Å²) in [5, 5.41) is 11.4. The number of benzene rings is 1. The first-order valence-corrected chi connectivity index (χ1v) is 5.39. The van der Waals surface area contributed by atoms with Gasteiger partial charge in [-0.1, -0.05) is 17.3 Å². The molecule has 0 saturated carbocycles. The van der Waals surface area contributed by atoms with E-state index in [0.717, 1.165) is 6.42 Å². The molecule has 0 aliphatic carbocycles. The maximum Gasteiger partial charge on any atom is 0.180 e. The van der Waals surface area contributed by atoms with Crippen molar-refractivity contribution < 1.29 is 14.7 Å². The second-order valence-corrected chi connectivity index (χ2v) is 3.67. The number of nitrogens with two attached hydrogens (primary N) is 1. The van der Waals surface area contributed by atoms with Crippen LogP contribution in [0.5, 0.6) is 5.75 Å². The zero-order valence-electron chi connectivity index (χ0n) is 10.1. The predicted octanol–water partition coefficient (Wildman–Crippen LogP) is 1.39. The van der Waals surface area contributed by atoms with Crippen LogP contribution in [-0.4, -0.2) is 30.9 Å². The maximum atomic E-state index is 8.49. The number of hydrogen-bond acceptors (Lipinski definition) is 4. The predicted molar refractivity (Wildman–Crippen MR) is 65.5 cm³/mol. The number of amidine groups is 1. The Hall–Kier alpha value is -1.75. The normalized spacial score (nSPS) is 13.4. The molecule has 0 radical (unpaired) electrons. The molecular formula is C12H18N2O3. The quantitative estimate of drug-likeness (QED) is 0.340. The Morgan fingerprint density at radius 1 is 1.41 bits per heavy atom. The lowest BCUT2D eigenvalue weighted by atomic mass is 10.1. The fourth-order valence-electron chi connectivity index (χ4n) is 1.30. The molecule has 1 unspecified atom stereocenters. The van der Waals surface area contributed by atoms with Gasteiger partial charge in [-0.25, -0.2) is 0 Å². The Kier molecular flexibility index (Phi) is 5.29. The topological polar surface area (TPSA) is 77.1 Å². The van der Waals surface area contributed by atoms with Gasteiger partial charge in [-0.15, -0.1) is 0 Å². The lowest BCUT2D eigenvalue weighted by molar-refractivity contribution is 0.202. The van der Waals surface area contributed by atoms with Gasteiger partial charge in [-0.05, 0) is 31.0 Å². The molecular weight excluding hydrogens is 220 g/mol. The van der Waals surface area contributed by atoms with Gasteiger partial charge in [-0.2, -0.15) is 0 Å². The molecule has 5 nitrogen and oxygen atoms in total. The molecule has 0 amide bonds. The van der Waals surface area contributed by atoms with Crippen molar-refractivity contribution in [2.45, 2.75) is 19.4 Å². The van der Waals surface area contributed by atoms with E-state index in [2.05, 4.69) is 5.16 Å². The van der Waals surface area contributed by atoms with Gasteiger partial charge < -0.3 is 20.4 Å². The van der Waals surface area contributed by atoms with E-state index in [1.54, 1.807) is 14.0 Å². The third kappa shape index (κ3) is 4.32. The van der Waals surface area contributed by atoms with Gasteiger partial charge in [0.25, 0.3) is 0 Å². The van der Waals surface area contributed by atoms with Crippen molar-refractivity contribution in [3.8, 4) is 5.75 Å². The number of nitrogens with zero attached hydrogens (tertiary/aromatic N) is 1. The van der Waals surface area contributed by atoms with Crippen molar-refractivity contribution in [3.63, 3.8) is 0 Å². The van der Waals surface area contributed by atoms with Gasteiger partial charge in [-0.3, -0.25) is 0 Å². The van der Waals surface area contributed by atoms with Crippen LogP contribution in [0.25, 0.3) is 0 Å². The average molecular weight is 238 g/mol. The van der Waals surface area contributed by atoms with Crippen LogP contribution in [-0.2, 0) is 11.2 Å². The number of oxime groups is 1. The number of rotatable bonds is 6. The zero-order chi connectivity index (χ0) is 12.7. The molecule has 0 saturated heterocycles. The van der Waals surface area contributed by atoms with Crippen LogP contribution in [0, 0.1) is 0 Å². The van der Waals surface area contributed by atoms with E-state index in [0.29, 0.717) is 12.4 Å². The molecule has 17 heavy (non-hydrogen) atoms. The molecule has 1 atom stereocenters. The summed E-state index contributed by atoms with van der Waals surface area (Å²) in [6.45, 7) is 2.41. The minimum atomic E-state index is -0.454. The second kappa shape index (κ2) is 6.75. The van der Waals surface area contributed by atoms with Crippen molar-refractivity contribution in [1.29, 1.82) is 0 Å². The van der Waals surface area contributed by atoms with Gasteiger partial charge in [0, 0.05) is 7.11 Å². The van der Waals surface area contributed by atoms with Crippen LogP contribution in [0.4, 0.5) is 0 Å². The summed E-state index contributed by atoms with van der Waals surface area (Å²) in [6.07, 6.45) is 0.414. The van der Waals surface area contributed by atoms with E-state index >= 15 is 0 Å². The van der Waals surface area contributed by atoms with Crippen LogP contribution >= 0.6 is 0 Å². The summed E-state index contributed by atoms with van der Waals surface area (Å²) in [5.41, 5.74) is 6.59. The molecule has 1 aromatic rings. The minimum absolute atomic E-state index is 0.0495. The van der Waals surface area contributed by atoms with Crippen LogP contribution in [0.1, 0.15) is 12.5 Å². The van der Waals surface area contributed by atoms with Crippen molar-refractivity contribution >= 4 is 5.84 Å². The zero-order valence-corrected chi connectivity index (χ0v) is 10.1. The lowest BCUT2D eigenvalue weighted by Crippen LogP contribution is -2.31. The summed E-state index contributed by atoms with van der Waals surface area (Å²) < 4.78 is 10.5. The Labute approximate surface area is 101 Å². The van der Waals surface area contributed by atoms with Gasteiger partial charge in [0.1, 0.15) is 5.75 Å². The smallest absolute Gasteiger partial charge is 0.180 e. The number of methoxy groups -OCH3 is 1. The van der Waals surface area contributed by atoms with Gasteiger partial charge >= 0.3 is 0 Å². The fourth-order valence-corrected chi connectivity index (χ4v) is 1.30. The molecule has 1 rings (SSSR count). The fraction of sp³-hybridized carbons (Fsp3) is 0.417. The molecule has 1 aromatic carbocycles. The summed E-state index contributed by atoms with van der Waals surface area (Å²) in [5.74, 6) is 0.735. The minimum Gasteiger partial charge on any atom is -0.483 e. The Bertz CT molecular complexity index is 363. The number of hydrogen-bond donors (Lipinski definition) is 2. The SMILES string of the molecule is COCCc1ccc(OC(C)C(N)=NO)cc1. The third-order valence-corrected chi connectivity index (χ3v) is 2.36. The van der Waals surface area contributed by atoms with Crippen molar-refractivity contribution in [3.05, 3.63) is 29.8 Å². The molecule has 94 valence electrons. The van der Waals surface area contributed by atoms with Crippen molar-refractivity contribution in [1.82, 2.24) is 0 Å². The van der Waals surface area contributed by atoms with E-state index in [-0.39, 0.29) is 5.84 Å². The van der Waals surface area contributed by atoms with E-state index in [1.807, 2.05) is 24.3 Å². The molecule has 0 aliphatic heterocycles. The van der Waals surface area contributed by atoms with Gasteiger partial charge in [0.15, 0.2) is 11.9 Å². The third-order valence-electron chi connectivity index (χ3n) is 2.36. The molecule has 3 N–H and O–H groups in total. The monoisotopic (exact) mass is 238 g/mol. The van der Waals surface area contributed by atoms with Gasteiger partial charge in [0.2, 0.25) is 0 Å². The highest BCUT2D eigenvalue weighted by molar-refractivity contribution is 5.84. The molecule has 0 spiro atoms. The second-order valence-electron chi connectivity index (χ2n) is 3.67. The summed E-state index contributed by atoms with van der Waals surface area (Å²) in [7, 11) is 1.68. The lowest BCUT2D eigenvalue weighted by Gasteiger charge is -2.13. The molecule has 0 bridgehead atoms. The largest absolute Gasteiger partial charge is 0.483 e. The maximum absolute atomic E-state index is 8.49. The van der Waals surface area contributed by atoms with Crippen LogP contribution < -0.4 is 10.5 Å². The Morgan fingerprint density at radius 3 is 2.59 bits per heavy atom. The first-order chi connectivity index (χ1) is 8.17. The molecule has 0 aromatic heterocycles. The highest BCUT2D eigenvalue weighted by Crippen LogP contribution is 2.14. The van der Waals surface area contributed by atoms with E-state index in [9.17, 15) is 0 Å². The molecule has 0 heterocycles. The Balaban J connectivity index is 2.56.